The number of nitrogens with zero attached hydrogens (tertiary/aromatic N) is 2. The summed E-state index contributed by atoms with van der Waals surface area (Å²) in [6, 6.07) is 0. The SMILES string of the molecule is CC(C)C(CN)(Cc1cn2ccsc2n1)C(=O)O. The van der Waals surface area contributed by atoms with Gasteiger partial charge in [0.25, 0.3) is 0 Å². The fourth-order valence-electron chi connectivity index (χ4n) is 2.11. The predicted octanol–water partition coefficient (Wildman–Crippen LogP) is 1.62. The maximum atomic E-state index is 11.5. The van der Waals surface area contributed by atoms with E-state index in [1.165, 1.54) is 11.3 Å². The molecule has 5 nitrogen and oxygen atoms in total. The van der Waals surface area contributed by atoms with Gasteiger partial charge in [0.05, 0.1) is 11.1 Å². The third-order valence-corrected chi connectivity index (χ3v) is 4.31. The maximum absolute atomic E-state index is 11.5. The summed E-state index contributed by atoms with van der Waals surface area (Å²) in [7, 11) is 0. The van der Waals surface area contributed by atoms with Crippen LogP contribution in [-0.4, -0.2) is 27.0 Å². The van der Waals surface area contributed by atoms with Crippen LogP contribution in [0, 0.1) is 11.3 Å². The lowest BCUT2D eigenvalue weighted by Crippen LogP contribution is -2.45. The Bertz CT molecular complexity index is 532. The summed E-state index contributed by atoms with van der Waals surface area (Å²) in [4.78, 5) is 16.9. The Labute approximate surface area is 109 Å². The van der Waals surface area contributed by atoms with Crippen LogP contribution in [0.1, 0.15) is 19.5 Å². The van der Waals surface area contributed by atoms with Crippen molar-refractivity contribution >= 4 is 22.3 Å². The van der Waals surface area contributed by atoms with Crippen LogP contribution < -0.4 is 5.73 Å². The molecular formula is C12H17N3O2S. The summed E-state index contributed by atoms with van der Waals surface area (Å²) in [5, 5.41) is 11.4. The van der Waals surface area contributed by atoms with Crippen LogP contribution in [0.15, 0.2) is 17.8 Å². The zero-order valence-corrected chi connectivity index (χ0v) is 11.3. The number of aromatic nitrogens is 2. The number of fused-ring (bicyclic) bond motifs is 1. The van der Waals surface area contributed by atoms with Gasteiger partial charge < -0.3 is 10.8 Å². The van der Waals surface area contributed by atoms with Crippen molar-refractivity contribution in [2.45, 2.75) is 20.3 Å². The third kappa shape index (κ3) is 2.02. The van der Waals surface area contributed by atoms with Crippen molar-refractivity contribution < 1.29 is 9.90 Å². The molecule has 0 saturated heterocycles. The lowest BCUT2D eigenvalue weighted by molar-refractivity contribution is -0.151. The highest BCUT2D eigenvalue weighted by Crippen LogP contribution is 2.31. The monoisotopic (exact) mass is 267 g/mol. The summed E-state index contributed by atoms with van der Waals surface area (Å²) in [5.41, 5.74) is 5.55. The van der Waals surface area contributed by atoms with Crippen LogP contribution in [0.5, 0.6) is 0 Å². The molecule has 0 amide bonds. The quantitative estimate of drug-likeness (QED) is 0.862. The number of aliphatic carboxylic acids is 1. The standard InChI is InChI=1S/C12H17N3O2S/c1-8(2)12(7-13,10(16)17)5-9-6-15-3-4-18-11(15)14-9/h3-4,6,8H,5,7,13H2,1-2H3,(H,16,17). The molecule has 0 radical (unpaired) electrons. The molecule has 0 aliphatic carbocycles. The van der Waals surface area contributed by atoms with Crippen LogP contribution in [-0.2, 0) is 11.2 Å². The van der Waals surface area contributed by atoms with E-state index < -0.39 is 11.4 Å². The Balaban J connectivity index is 2.34. The van der Waals surface area contributed by atoms with E-state index in [0.29, 0.717) is 6.42 Å². The molecule has 0 saturated carbocycles. The average Bonchev–Trinajstić information content (AvgIpc) is 2.84. The summed E-state index contributed by atoms with van der Waals surface area (Å²) in [5.74, 6) is -0.893. The fraction of sp³-hybridized carbons (Fsp3) is 0.500. The molecule has 0 fully saturated rings. The lowest BCUT2D eigenvalue weighted by Gasteiger charge is -2.31. The number of nitrogens with two attached hydrogens (primary N) is 1. The summed E-state index contributed by atoms with van der Waals surface area (Å²) >= 11 is 1.53. The van der Waals surface area contributed by atoms with E-state index in [0.717, 1.165) is 10.7 Å². The summed E-state index contributed by atoms with van der Waals surface area (Å²) < 4.78 is 1.91. The first-order chi connectivity index (χ1) is 8.49. The summed E-state index contributed by atoms with van der Waals surface area (Å²) in [6.45, 7) is 3.89. The first-order valence-corrected chi connectivity index (χ1v) is 6.72. The second-order valence-electron chi connectivity index (χ2n) is 4.82. The Kier molecular flexibility index (Phi) is 3.41. The lowest BCUT2D eigenvalue weighted by atomic mass is 9.74. The second-order valence-corrected chi connectivity index (χ2v) is 5.69. The molecule has 2 rings (SSSR count). The maximum Gasteiger partial charge on any atom is 0.311 e. The van der Waals surface area contributed by atoms with Crippen molar-refractivity contribution in [3.05, 3.63) is 23.5 Å². The van der Waals surface area contributed by atoms with Gasteiger partial charge in [0.1, 0.15) is 0 Å². The molecule has 1 atom stereocenters. The number of hydrogen-bond donors (Lipinski definition) is 2. The number of carbonyl (C=O) groups is 1. The number of hydrogen-bond acceptors (Lipinski definition) is 4. The zero-order valence-electron chi connectivity index (χ0n) is 10.5. The molecular weight excluding hydrogens is 250 g/mol. The van der Waals surface area contributed by atoms with E-state index in [1.807, 2.05) is 36.0 Å². The van der Waals surface area contributed by atoms with E-state index in [2.05, 4.69) is 4.98 Å². The molecule has 98 valence electrons. The molecule has 0 spiro atoms. The van der Waals surface area contributed by atoms with Crippen LogP contribution in [0.2, 0.25) is 0 Å². The average molecular weight is 267 g/mol. The first-order valence-electron chi connectivity index (χ1n) is 5.84. The summed E-state index contributed by atoms with van der Waals surface area (Å²) in [6.07, 6.45) is 4.16. The molecule has 2 aromatic heterocycles. The predicted molar refractivity (Wildman–Crippen MR) is 70.7 cm³/mol. The van der Waals surface area contributed by atoms with E-state index in [1.54, 1.807) is 0 Å². The van der Waals surface area contributed by atoms with Crippen molar-refractivity contribution in [2.75, 3.05) is 6.54 Å². The van der Waals surface area contributed by atoms with Crippen LogP contribution in [0.4, 0.5) is 0 Å². The number of imidazole rings is 1. The van der Waals surface area contributed by atoms with Crippen molar-refractivity contribution in [1.82, 2.24) is 9.38 Å². The van der Waals surface area contributed by atoms with Gasteiger partial charge in [-0.2, -0.15) is 0 Å². The zero-order chi connectivity index (χ0) is 13.3. The van der Waals surface area contributed by atoms with E-state index in [-0.39, 0.29) is 12.5 Å². The Morgan fingerprint density at radius 1 is 1.67 bits per heavy atom. The van der Waals surface area contributed by atoms with Gasteiger partial charge in [0.15, 0.2) is 4.96 Å². The highest BCUT2D eigenvalue weighted by Gasteiger charge is 2.41. The first kappa shape index (κ1) is 13.0. The largest absolute Gasteiger partial charge is 0.481 e. The minimum atomic E-state index is -0.940. The molecule has 2 aromatic rings. The van der Waals surface area contributed by atoms with Gasteiger partial charge in [-0.15, -0.1) is 11.3 Å². The number of carboxylic acids is 1. The van der Waals surface area contributed by atoms with Crippen molar-refractivity contribution in [3.8, 4) is 0 Å². The topological polar surface area (TPSA) is 80.6 Å². The van der Waals surface area contributed by atoms with Crippen molar-refractivity contribution in [2.24, 2.45) is 17.1 Å². The molecule has 3 N–H and O–H groups in total. The third-order valence-electron chi connectivity index (χ3n) is 3.54. The van der Waals surface area contributed by atoms with Gasteiger partial charge in [-0.25, -0.2) is 4.98 Å². The van der Waals surface area contributed by atoms with Gasteiger partial charge in [0.2, 0.25) is 0 Å². The number of rotatable bonds is 5. The molecule has 18 heavy (non-hydrogen) atoms. The fourth-order valence-corrected chi connectivity index (χ4v) is 2.83. The minimum Gasteiger partial charge on any atom is -0.481 e. The Morgan fingerprint density at radius 3 is 2.89 bits per heavy atom. The van der Waals surface area contributed by atoms with Gasteiger partial charge >= 0.3 is 5.97 Å². The van der Waals surface area contributed by atoms with Gasteiger partial charge in [-0.1, -0.05) is 13.8 Å². The highest BCUT2D eigenvalue weighted by molar-refractivity contribution is 7.15. The van der Waals surface area contributed by atoms with Crippen molar-refractivity contribution in [3.63, 3.8) is 0 Å². The van der Waals surface area contributed by atoms with Gasteiger partial charge in [0, 0.05) is 30.7 Å². The molecule has 0 aromatic carbocycles. The normalized spacial score (nSPS) is 15.1. The second kappa shape index (κ2) is 4.70. The van der Waals surface area contributed by atoms with E-state index in [4.69, 9.17) is 5.73 Å². The Hall–Kier alpha value is -1.40. The smallest absolute Gasteiger partial charge is 0.311 e. The molecule has 0 aliphatic heterocycles. The van der Waals surface area contributed by atoms with Crippen molar-refractivity contribution in [1.29, 1.82) is 0 Å². The van der Waals surface area contributed by atoms with Crippen LogP contribution in [0.3, 0.4) is 0 Å². The molecule has 1 unspecified atom stereocenters. The van der Waals surface area contributed by atoms with E-state index >= 15 is 0 Å². The van der Waals surface area contributed by atoms with Gasteiger partial charge in [-0.3, -0.25) is 9.20 Å². The minimum absolute atomic E-state index is 0.0419. The number of carboxylic acid groups (broad SMARTS) is 1. The Morgan fingerprint density at radius 2 is 2.39 bits per heavy atom. The van der Waals surface area contributed by atoms with Crippen LogP contribution >= 0.6 is 11.3 Å². The van der Waals surface area contributed by atoms with E-state index in [9.17, 15) is 9.90 Å². The number of thiazole rings is 1. The highest BCUT2D eigenvalue weighted by atomic mass is 32.1. The molecule has 6 heteroatoms. The molecule has 2 heterocycles. The van der Waals surface area contributed by atoms with Crippen LogP contribution in [0.25, 0.3) is 4.96 Å². The van der Waals surface area contributed by atoms with Gasteiger partial charge in [-0.05, 0) is 5.92 Å². The molecule has 0 aliphatic rings. The molecule has 0 bridgehead atoms.